The van der Waals surface area contributed by atoms with Crippen LogP contribution in [0.5, 0.6) is 5.75 Å². The summed E-state index contributed by atoms with van der Waals surface area (Å²) in [6, 6.07) is 51.7. The number of carbonyl (C=O) groups excluding carboxylic acids is 8. The van der Waals surface area contributed by atoms with Crippen LogP contribution >= 0.6 is 0 Å². The molecule has 7 aromatic rings. The van der Waals surface area contributed by atoms with Crippen LogP contribution in [0.3, 0.4) is 0 Å². The maximum Gasteiger partial charge on any atom is 0.407 e. The Kier molecular flexibility index (Phi) is 35.9. The fraction of sp³-hybridized carbons (Fsp3) is 0.379. The Balaban J connectivity index is 0.842. The number of phenolic OH excluding ortho intramolecular Hbond substituents is 1. The van der Waals surface area contributed by atoms with E-state index in [1.54, 1.807) is 50.8 Å². The average molecular weight is 1630 g/mol. The summed E-state index contributed by atoms with van der Waals surface area (Å²) in [5, 5.41) is 68.1. The zero-order chi connectivity index (χ0) is 84.8. The number of guanidine groups is 1. The molecule has 2 aliphatic rings. The largest absolute Gasteiger partial charge is 0.508 e. The molecule has 32 nitrogen and oxygen atoms in total. The quantitative estimate of drug-likeness (QED) is 0.0138. The van der Waals surface area contributed by atoms with Crippen molar-refractivity contribution in [2.75, 3.05) is 130 Å². The number of carboxylic acid groups (broad SMARTS) is 3. The normalized spacial score (nSPS) is 14.6. The lowest BCUT2D eigenvalue weighted by molar-refractivity contribution is -0.140. The molecule has 32 heteroatoms. The molecule has 1 aliphatic heterocycles. The third-order valence-electron chi connectivity index (χ3n) is 20.3. The second-order valence-corrected chi connectivity index (χ2v) is 29.1. The number of rotatable bonds is 41. The van der Waals surface area contributed by atoms with E-state index >= 15 is 0 Å². The second kappa shape index (κ2) is 47.4. The summed E-state index contributed by atoms with van der Waals surface area (Å²) in [4.78, 5) is 156. The number of carboxylic acids is 3. The number of hydrogen-bond donors (Lipinski definition) is 15. The van der Waals surface area contributed by atoms with Crippen molar-refractivity contribution in [1.29, 1.82) is 0 Å². The van der Waals surface area contributed by atoms with Gasteiger partial charge in [-0.25, -0.2) is 9.59 Å². The van der Waals surface area contributed by atoms with Gasteiger partial charge in [-0.2, -0.15) is 4.99 Å². The lowest BCUT2D eigenvalue weighted by Crippen LogP contribution is -2.53. The molecule has 1 saturated heterocycles. The Morgan fingerprint density at radius 2 is 0.916 bits per heavy atom. The van der Waals surface area contributed by atoms with Crippen molar-refractivity contribution in [2.45, 2.75) is 88.4 Å². The highest BCUT2D eigenvalue weighted by molar-refractivity contribution is 5.94. The summed E-state index contributed by atoms with van der Waals surface area (Å²) in [7, 11) is 0. The number of fused-ring (bicyclic) bond motifs is 3. The number of anilines is 1. The number of alkyl carbamates (subject to hydrolysis) is 1. The molecule has 16 N–H and O–H groups in total. The number of nitrogens with one attached hydrogen (secondary N) is 10. The Labute approximate surface area is 691 Å². The number of hydrogen-bond acceptors (Lipinski definition) is 18. The lowest BCUT2D eigenvalue weighted by atomic mass is 9.90. The predicted octanol–water partition coefficient (Wildman–Crippen LogP) is 4.84. The average Bonchev–Trinajstić information content (AvgIpc) is 1.61. The predicted molar refractivity (Wildman–Crippen MR) is 449 cm³/mol. The molecule has 0 spiro atoms. The highest BCUT2D eigenvalue weighted by Crippen LogP contribution is 2.44. The minimum Gasteiger partial charge on any atom is -0.508 e. The van der Waals surface area contributed by atoms with Gasteiger partial charge in [-0.1, -0.05) is 165 Å². The number of benzene rings is 7. The van der Waals surface area contributed by atoms with Gasteiger partial charge in [0.25, 0.3) is 0 Å². The van der Waals surface area contributed by atoms with Gasteiger partial charge < -0.3 is 84.1 Å². The lowest BCUT2D eigenvalue weighted by Gasteiger charge is -2.33. The van der Waals surface area contributed by atoms with Crippen molar-refractivity contribution in [1.82, 2.24) is 67.5 Å². The van der Waals surface area contributed by atoms with Crippen LogP contribution in [-0.4, -0.2) is 254 Å². The van der Waals surface area contributed by atoms with Gasteiger partial charge in [0.2, 0.25) is 35.4 Å². The van der Waals surface area contributed by atoms with Crippen molar-refractivity contribution < 1.29 is 77.9 Å². The summed E-state index contributed by atoms with van der Waals surface area (Å²) >= 11 is 0. The van der Waals surface area contributed by atoms with Crippen LogP contribution in [0.1, 0.15) is 90.7 Å². The number of aromatic hydroxyl groups is 1. The summed E-state index contributed by atoms with van der Waals surface area (Å²) in [6.07, 6.45) is 0.595. The zero-order valence-corrected chi connectivity index (χ0v) is 66.8. The summed E-state index contributed by atoms with van der Waals surface area (Å²) < 4.78 is 5.93. The van der Waals surface area contributed by atoms with E-state index < -0.39 is 83.6 Å². The molecule has 9 rings (SSSR count). The van der Waals surface area contributed by atoms with Gasteiger partial charge in [0.15, 0.2) is 5.96 Å². The minimum atomic E-state index is -1.14. The third-order valence-corrected chi connectivity index (χ3v) is 20.3. The topological polar surface area (TPSA) is 450 Å². The molecule has 119 heavy (non-hydrogen) atoms. The van der Waals surface area contributed by atoms with E-state index in [4.69, 9.17) is 10.5 Å². The maximum atomic E-state index is 14.7. The Bertz CT molecular complexity index is 4470. The fourth-order valence-electron chi connectivity index (χ4n) is 14.1. The van der Waals surface area contributed by atoms with E-state index in [2.05, 4.69) is 58.2 Å². The van der Waals surface area contributed by atoms with Gasteiger partial charge in [-0.15, -0.1) is 0 Å². The Morgan fingerprint density at radius 3 is 1.48 bits per heavy atom. The first-order valence-corrected chi connectivity index (χ1v) is 40.1. The molecule has 1 heterocycles. The van der Waals surface area contributed by atoms with E-state index in [-0.39, 0.29) is 174 Å². The highest BCUT2D eigenvalue weighted by atomic mass is 16.5. The van der Waals surface area contributed by atoms with Gasteiger partial charge in [0, 0.05) is 123 Å². The van der Waals surface area contributed by atoms with Gasteiger partial charge in [0.05, 0.1) is 32.1 Å². The van der Waals surface area contributed by atoms with Gasteiger partial charge in [-0.3, -0.25) is 62.8 Å². The third kappa shape index (κ3) is 30.3. The molecule has 0 bridgehead atoms. The van der Waals surface area contributed by atoms with Crippen LogP contribution in [0.2, 0.25) is 0 Å². The van der Waals surface area contributed by atoms with Gasteiger partial charge >= 0.3 is 30.0 Å². The number of urea groups is 1. The molecule has 1 aliphatic carbocycles. The van der Waals surface area contributed by atoms with Crippen molar-refractivity contribution >= 4 is 77.1 Å². The fourth-order valence-corrected chi connectivity index (χ4v) is 14.1. The summed E-state index contributed by atoms with van der Waals surface area (Å²) in [6.45, 7) is 2.97. The smallest absolute Gasteiger partial charge is 0.407 e. The SMILES string of the molecule is CCC(=O)NCCNC(=O)/N=C(/N)NCCC[C@@H](NC(=O)C(c1ccccc1)c1ccc(NCCCNC(=O)[C@@H](CCCNC(=O)[C@@H](Cc2ccc(-c3ccccc3)cc2)NC(=O)CN2CCN(CC(=O)O)CCN(CC(=O)O)CCN(CC(=O)O)CC2)NC(=O)OCC2c3ccccc3-c3ccccc32)cc1)C(=O)NCc1ccc(O)cc1. The summed E-state index contributed by atoms with van der Waals surface area (Å²) in [5.41, 5.74) is 15.4. The van der Waals surface area contributed by atoms with E-state index in [9.17, 15) is 73.2 Å². The van der Waals surface area contributed by atoms with E-state index in [0.29, 0.717) is 48.2 Å². The van der Waals surface area contributed by atoms with Gasteiger partial charge in [0.1, 0.15) is 30.5 Å². The number of phenols is 1. The molecular formula is C87H108N16O16. The molecule has 7 aromatic carbocycles. The maximum absolute atomic E-state index is 14.7. The first-order chi connectivity index (χ1) is 57.5. The standard InChI is InChI=1S/C87H108N16O16/c1-2-75(105)90-42-43-94-86(117)99-85(88)93-39-14-24-72(82(114)95-53-60-28-36-66(104)37-29-60)97-84(116)80(63-18-7-4-8-19-63)64-32-34-65(35-33-64)89-40-15-41-92-81(113)73(98-87(118)119-58-71-69-22-11-9-20-67(69)68-21-10-12-23-70(68)71)25-13-38-91-83(115)74(52-59-26-30-62(31-27-59)61-16-5-3-6-17-61)96-76(106)54-100-44-46-101(55-77(107)108)48-50-103(57-79(111)112)51-49-102(47-45-100)56-78(109)110/h3-12,16-23,26-37,71-74,80,89,104H,2,13-15,24-25,38-58H2,1H3,(H,90,105)(H,91,115)(H,92,113)(H,95,114)(H,96,106)(H,97,116)(H,98,118)(H,107,108)(H,109,110)(H,111,112)(H4,88,93,94,99,117)/t72-,73-,74-,80?/m1/s1. The van der Waals surface area contributed by atoms with Crippen LogP contribution in [-0.2, 0) is 60.9 Å². The van der Waals surface area contributed by atoms with Crippen LogP contribution in [0.4, 0.5) is 15.3 Å². The van der Waals surface area contributed by atoms with Crippen LogP contribution in [0, 0.1) is 0 Å². The highest BCUT2D eigenvalue weighted by Gasteiger charge is 2.33. The Hall–Kier alpha value is -12.8. The molecule has 4 atom stereocenters. The molecule has 0 radical (unpaired) electrons. The molecule has 9 amide bonds. The first kappa shape index (κ1) is 90.1. The Morgan fingerprint density at radius 1 is 0.445 bits per heavy atom. The molecule has 0 aromatic heterocycles. The number of aliphatic imine (C=N–C) groups is 1. The monoisotopic (exact) mass is 1630 g/mol. The van der Waals surface area contributed by atoms with Crippen LogP contribution < -0.4 is 58.9 Å². The van der Waals surface area contributed by atoms with Crippen molar-refractivity contribution in [3.05, 3.63) is 215 Å². The number of nitrogens with two attached hydrogens (primary N) is 1. The van der Waals surface area contributed by atoms with Gasteiger partial charge in [-0.05, 0) is 112 Å². The van der Waals surface area contributed by atoms with Crippen LogP contribution in [0.25, 0.3) is 22.3 Å². The molecule has 632 valence electrons. The van der Waals surface area contributed by atoms with E-state index in [1.165, 1.54) is 12.1 Å². The number of aliphatic carboxylic acids is 3. The molecule has 1 unspecified atom stereocenters. The zero-order valence-electron chi connectivity index (χ0n) is 66.8. The first-order valence-electron chi connectivity index (χ1n) is 40.1. The van der Waals surface area contributed by atoms with Crippen molar-refractivity contribution in [3.8, 4) is 28.0 Å². The van der Waals surface area contributed by atoms with E-state index in [0.717, 1.165) is 38.9 Å². The number of amides is 9. The second-order valence-electron chi connectivity index (χ2n) is 29.1. The minimum absolute atomic E-state index is 0.00427. The summed E-state index contributed by atoms with van der Waals surface area (Å²) in [5.74, 6) is -7.24. The van der Waals surface area contributed by atoms with E-state index in [1.807, 2.05) is 146 Å². The number of nitrogens with zero attached hydrogens (tertiary/aromatic N) is 5. The number of ether oxygens (including phenoxy) is 1. The molecule has 0 saturated carbocycles. The van der Waals surface area contributed by atoms with Crippen molar-refractivity contribution in [2.24, 2.45) is 10.7 Å². The molecule has 1 fully saturated rings. The number of carbonyl (C=O) groups is 11. The van der Waals surface area contributed by atoms with Crippen molar-refractivity contribution in [3.63, 3.8) is 0 Å². The van der Waals surface area contributed by atoms with Crippen LogP contribution in [0.15, 0.2) is 187 Å². The molecular weight excluding hydrogens is 1530 g/mol.